The van der Waals surface area contributed by atoms with Crippen LogP contribution in [0.25, 0.3) is 0 Å². The van der Waals surface area contributed by atoms with Gasteiger partial charge in [0.1, 0.15) is 5.75 Å². The van der Waals surface area contributed by atoms with Gasteiger partial charge in [-0.2, -0.15) is 0 Å². The van der Waals surface area contributed by atoms with Crippen LogP contribution in [0, 0.1) is 0 Å². The summed E-state index contributed by atoms with van der Waals surface area (Å²) in [4.78, 5) is 13.9. The number of morpholine rings is 1. The van der Waals surface area contributed by atoms with Gasteiger partial charge >= 0.3 is 0 Å². The molecule has 0 atom stereocenters. The Morgan fingerprint density at radius 3 is 2.79 bits per heavy atom. The fourth-order valence-corrected chi connectivity index (χ4v) is 2.19. The fraction of sp³-hybridized carbons (Fsp3) is 0.500. The molecule has 1 aromatic carbocycles. The van der Waals surface area contributed by atoms with E-state index in [2.05, 4.69) is 4.90 Å². The van der Waals surface area contributed by atoms with Crippen LogP contribution in [-0.4, -0.2) is 50.6 Å². The van der Waals surface area contributed by atoms with Gasteiger partial charge in [-0.25, -0.2) is 0 Å². The van der Waals surface area contributed by atoms with Crippen LogP contribution in [0.1, 0.15) is 15.9 Å². The van der Waals surface area contributed by atoms with Crippen LogP contribution >= 0.6 is 0 Å². The summed E-state index contributed by atoms with van der Waals surface area (Å²) in [6.45, 7) is 4.10. The molecule has 0 spiro atoms. The summed E-state index contributed by atoms with van der Waals surface area (Å²) in [7, 11) is 1.64. The molecule has 104 valence electrons. The third kappa shape index (κ3) is 3.53. The van der Waals surface area contributed by atoms with Gasteiger partial charge in [0, 0.05) is 30.8 Å². The Balaban J connectivity index is 2.17. The van der Waals surface area contributed by atoms with Crippen molar-refractivity contribution in [3.63, 3.8) is 0 Å². The number of ether oxygens (including phenoxy) is 2. The van der Waals surface area contributed by atoms with Gasteiger partial charge in [-0.1, -0.05) is 0 Å². The first kappa shape index (κ1) is 14.0. The number of hydrogen-bond acceptors (Lipinski definition) is 5. The minimum atomic E-state index is -0.0501. The second-order valence-electron chi connectivity index (χ2n) is 4.54. The molecule has 0 bridgehead atoms. The Hall–Kier alpha value is -1.43. The first-order chi connectivity index (χ1) is 9.24. The molecule has 1 fully saturated rings. The Kier molecular flexibility index (Phi) is 4.90. The molecular formula is C14H20N2O3. The predicted octanol–water partition coefficient (Wildman–Crippen LogP) is 0.669. The van der Waals surface area contributed by atoms with Crippen LogP contribution < -0.4 is 10.5 Å². The Morgan fingerprint density at radius 2 is 2.16 bits per heavy atom. The maximum Gasteiger partial charge on any atom is 0.176 e. The van der Waals surface area contributed by atoms with Gasteiger partial charge in [0.15, 0.2) is 5.78 Å². The van der Waals surface area contributed by atoms with Crippen LogP contribution in [-0.2, 0) is 11.3 Å². The number of nitrogens with two attached hydrogens (primary N) is 1. The summed E-state index contributed by atoms with van der Waals surface area (Å²) >= 11 is 0. The molecule has 1 aliphatic rings. The SMILES string of the molecule is COc1ccc(C(=O)CN)cc1CN1CCOCC1. The third-order valence-electron chi connectivity index (χ3n) is 3.29. The molecule has 0 saturated carbocycles. The summed E-state index contributed by atoms with van der Waals surface area (Å²) in [6, 6.07) is 5.47. The second kappa shape index (κ2) is 6.65. The van der Waals surface area contributed by atoms with Gasteiger partial charge in [0.05, 0.1) is 26.9 Å². The predicted molar refractivity (Wildman–Crippen MR) is 72.5 cm³/mol. The van der Waals surface area contributed by atoms with E-state index in [1.165, 1.54) is 0 Å². The largest absolute Gasteiger partial charge is 0.496 e. The van der Waals surface area contributed by atoms with Crippen molar-refractivity contribution in [2.75, 3.05) is 40.0 Å². The zero-order valence-electron chi connectivity index (χ0n) is 11.2. The van der Waals surface area contributed by atoms with Crippen LogP contribution in [0.15, 0.2) is 18.2 Å². The average molecular weight is 264 g/mol. The molecule has 0 aliphatic carbocycles. The summed E-state index contributed by atoms with van der Waals surface area (Å²) in [6.07, 6.45) is 0. The van der Waals surface area contributed by atoms with Crippen molar-refractivity contribution in [2.24, 2.45) is 5.73 Å². The summed E-state index contributed by atoms with van der Waals surface area (Å²) in [5.74, 6) is 0.756. The zero-order chi connectivity index (χ0) is 13.7. The molecular weight excluding hydrogens is 244 g/mol. The van der Waals surface area contributed by atoms with E-state index in [0.717, 1.165) is 44.2 Å². The number of ketones is 1. The molecule has 1 aliphatic heterocycles. The van der Waals surface area contributed by atoms with E-state index >= 15 is 0 Å². The summed E-state index contributed by atoms with van der Waals surface area (Å²) in [5, 5.41) is 0. The van der Waals surface area contributed by atoms with E-state index < -0.39 is 0 Å². The van der Waals surface area contributed by atoms with E-state index in [9.17, 15) is 4.79 Å². The lowest BCUT2D eigenvalue weighted by atomic mass is 10.1. The minimum Gasteiger partial charge on any atom is -0.496 e. The molecule has 0 amide bonds. The lowest BCUT2D eigenvalue weighted by Gasteiger charge is -2.27. The van der Waals surface area contributed by atoms with Gasteiger partial charge in [-0.05, 0) is 18.2 Å². The van der Waals surface area contributed by atoms with Crippen molar-refractivity contribution >= 4 is 5.78 Å². The molecule has 5 heteroatoms. The van der Waals surface area contributed by atoms with Gasteiger partial charge in [0.25, 0.3) is 0 Å². The highest BCUT2D eigenvalue weighted by Crippen LogP contribution is 2.22. The lowest BCUT2D eigenvalue weighted by Crippen LogP contribution is -2.35. The number of hydrogen-bond donors (Lipinski definition) is 1. The Bertz CT molecular complexity index is 442. The van der Waals surface area contributed by atoms with Crippen LogP contribution in [0.5, 0.6) is 5.75 Å². The van der Waals surface area contributed by atoms with Crippen LogP contribution in [0.4, 0.5) is 0 Å². The number of nitrogens with zero attached hydrogens (tertiary/aromatic N) is 1. The molecule has 0 radical (unpaired) electrons. The number of Topliss-reactive ketones (excluding diaryl/α,β-unsaturated/α-hetero) is 1. The van der Waals surface area contributed by atoms with Gasteiger partial charge in [-0.15, -0.1) is 0 Å². The minimum absolute atomic E-state index is 0.0311. The van der Waals surface area contributed by atoms with Crippen molar-refractivity contribution in [1.29, 1.82) is 0 Å². The van der Waals surface area contributed by atoms with Gasteiger partial charge < -0.3 is 15.2 Å². The molecule has 0 unspecified atom stereocenters. The fourth-order valence-electron chi connectivity index (χ4n) is 2.19. The lowest BCUT2D eigenvalue weighted by molar-refractivity contribution is 0.0338. The standard InChI is InChI=1S/C14H20N2O3/c1-18-14-3-2-11(13(17)9-15)8-12(14)10-16-4-6-19-7-5-16/h2-3,8H,4-7,9-10,15H2,1H3. The number of carbonyl (C=O) groups excluding carboxylic acids is 1. The van der Waals surface area contributed by atoms with Gasteiger partial charge in [0.2, 0.25) is 0 Å². The Morgan fingerprint density at radius 1 is 1.42 bits per heavy atom. The van der Waals surface area contributed by atoms with Crippen molar-refractivity contribution in [2.45, 2.75) is 6.54 Å². The maximum absolute atomic E-state index is 11.7. The van der Waals surface area contributed by atoms with Crippen LogP contribution in [0.2, 0.25) is 0 Å². The van der Waals surface area contributed by atoms with Crippen molar-refractivity contribution in [3.8, 4) is 5.75 Å². The highest BCUT2D eigenvalue weighted by atomic mass is 16.5. The van der Waals surface area contributed by atoms with E-state index in [1.54, 1.807) is 13.2 Å². The second-order valence-corrected chi connectivity index (χ2v) is 4.54. The smallest absolute Gasteiger partial charge is 0.176 e. The van der Waals surface area contributed by atoms with E-state index in [4.69, 9.17) is 15.2 Å². The number of carbonyl (C=O) groups is 1. The normalized spacial score (nSPS) is 16.3. The summed E-state index contributed by atoms with van der Waals surface area (Å²) in [5.41, 5.74) is 7.06. The molecule has 5 nitrogen and oxygen atoms in total. The first-order valence-electron chi connectivity index (χ1n) is 6.45. The molecule has 19 heavy (non-hydrogen) atoms. The topological polar surface area (TPSA) is 64.8 Å². The zero-order valence-corrected chi connectivity index (χ0v) is 11.2. The monoisotopic (exact) mass is 264 g/mol. The van der Waals surface area contributed by atoms with Crippen molar-refractivity contribution in [1.82, 2.24) is 4.90 Å². The molecule has 2 N–H and O–H groups in total. The molecule has 1 heterocycles. The van der Waals surface area contributed by atoms with Crippen molar-refractivity contribution < 1.29 is 14.3 Å². The molecule has 2 rings (SSSR count). The molecule has 1 saturated heterocycles. The number of methoxy groups -OCH3 is 1. The highest BCUT2D eigenvalue weighted by Gasteiger charge is 2.15. The quantitative estimate of drug-likeness (QED) is 0.792. The summed E-state index contributed by atoms with van der Waals surface area (Å²) < 4.78 is 10.7. The van der Waals surface area contributed by atoms with Crippen molar-refractivity contribution in [3.05, 3.63) is 29.3 Å². The Labute approximate surface area is 113 Å². The van der Waals surface area contributed by atoms with E-state index in [-0.39, 0.29) is 12.3 Å². The molecule has 0 aromatic heterocycles. The average Bonchev–Trinajstić information content (AvgIpc) is 2.47. The molecule has 1 aromatic rings. The third-order valence-corrected chi connectivity index (χ3v) is 3.29. The number of benzene rings is 1. The van der Waals surface area contributed by atoms with Gasteiger partial charge in [-0.3, -0.25) is 9.69 Å². The van der Waals surface area contributed by atoms with E-state index in [1.807, 2.05) is 12.1 Å². The number of rotatable bonds is 5. The maximum atomic E-state index is 11.7. The van der Waals surface area contributed by atoms with E-state index in [0.29, 0.717) is 5.56 Å². The van der Waals surface area contributed by atoms with Crippen LogP contribution in [0.3, 0.4) is 0 Å². The highest BCUT2D eigenvalue weighted by molar-refractivity contribution is 5.97. The first-order valence-corrected chi connectivity index (χ1v) is 6.45.